The van der Waals surface area contributed by atoms with Crippen molar-refractivity contribution in [3.8, 4) is 0 Å². The molecule has 1 aliphatic heterocycles. The van der Waals surface area contributed by atoms with E-state index in [1.807, 2.05) is 6.07 Å². The SMILES string of the molecule is CCC1CN(Cc2ccncc2Cl)CCC1N. The Morgan fingerprint density at radius 3 is 3.12 bits per heavy atom. The van der Waals surface area contributed by atoms with Gasteiger partial charge in [-0.2, -0.15) is 0 Å². The minimum atomic E-state index is 0.365. The lowest BCUT2D eigenvalue weighted by atomic mass is 9.90. The van der Waals surface area contributed by atoms with Crippen molar-refractivity contribution in [3.05, 3.63) is 29.0 Å². The van der Waals surface area contributed by atoms with Crippen molar-refractivity contribution in [1.29, 1.82) is 0 Å². The highest BCUT2D eigenvalue weighted by molar-refractivity contribution is 6.31. The molecule has 1 saturated heterocycles. The van der Waals surface area contributed by atoms with E-state index in [1.165, 1.54) is 0 Å². The zero-order valence-corrected chi connectivity index (χ0v) is 11.0. The first kappa shape index (κ1) is 12.8. The summed E-state index contributed by atoms with van der Waals surface area (Å²) in [6.07, 6.45) is 5.75. The third-order valence-corrected chi connectivity index (χ3v) is 3.99. The van der Waals surface area contributed by atoms with Gasteiger partial charge in [-0.3, -0.25) is 9.88 Å². The van der Waals surface area contributed by atoms with Crippen LogP contribution in [0, 0.1) is 5.92 Å². The standard InChI is InChI=1S/C13H20ClN3/c1-2-10-8-17(6-4-13(10)15)9-11-3-5-16-7-12(11)14/h3,5,7,10,13H,2,4,6,8-9,15H2,1H3. The van der Waals surface area contributed by atoms with Crippen LogP contribution < -0.4 is 5.73 Å². The van der Waals surface area contributed by atoms with Crippen molar-refractivity contribution in [2.45, 2.75) is 32.4 Å². The summed E-state index contributed by atoms with van der Waals surface area (Å²) in [7, 11) is 0. The van der Waals surface area contributed by atoms with E-state index >= 15 is 0 Å². The molecule has 0 radical (unpaired) electrons. The molecular formula is C13H20ClN3. The fourth-order valence-corrected chi connectivity index (χ4v) is 2.65. The summed E-state index contributed by atoms with van der Waals surface area (Å²) in [5.74, 6) is 0.615. The van der Waals surface area contributed by atoms with Gasteiger partial charge < -0.3 is 5.73 Å². The van der Waals surface area contributed by atoms with E-state index < -0.39 is 0 Å². The van der Waals surface area contributed by atoms with Gasteiger partial charge in [0.25, 0.3) is 0 Å². The van der Waals surface area contributed by atoms with Crippen LogP contribution in [0.25, 0.3) is 0 Å². The molecule has 2 unspecified atom stereocenters. The Morgan fingerprint density at radius 1 is 1.59 bits per heavy atom. The minimum absolute atomic E-state index is 0.365. The molecule has 2 heterocycles. The van der Waals surface area contributed by atoms with Gasteiger partial charge in [0.15, 0.2) is 0 Å². The summed E-state index contributed by atoms with van der Waals surface area (Å²) in [5.41, 5.74) is 7.27. The average molecular weight is 254 g/mol. The maximum Gasteiger partial charge on any atom is 0.0634 e. The lowest BCUT2D eigenvalue weighted by molar-refractivity contribution is 0.145. The Hall–Kier alpha value is -0.640. The molecule has 0 bridgehead atoms. The van der Waals surface area contributed by atoms with Gasteiger partial charge >= 0.3 is 0 Å². The monoisotopic (exact) mass is 253 g/mol. The summed E-state index contributed by atoms with van der Waals surface area (Å²) in [6.45, 7) is 5.27. The molecule has 0 spiro atoms. The van der Waals surface area contributed by atoms with Crippen LogP contribution in [0.1, 0.15) is 25.3 Å². The molecule has 1 fully saturated rings. The van der Waals surface area contributed by atoms with Crippen molar-refractivity contribution in [2.24, 2.45) is 11.7 Å². The van der Waals surface area contributed by atoms with Crippen LogP contribution in [0.3, 0.4) is 0 Å². The largest absolute Gasteiger partial charge is 0.327 e. The molecule has 0 aromatic carbocycles. The number of aromatic nitrogens is 1. The van der Waals surface area contributed by atoms with Gasteiger partial charge in [0, 0.05) is 31.5 Å². The van der Waals surface area contributed by atoms with Gasteiger partial charge in [0.05, 0.1) is 5.02 Å². The number of hydrogen-bond acceptors (Lipinski definition) is 3. The Kier molecular flexibility index (Phi) is 4.37. The molecule has 94 valence electrons. The molecular weight excluding hydrogens is 234 g/mol. The average Bonchev–Trinajstić information content (AvgIpc) is 2.34. The molecule has 1 aliphatic rings. The third-order valence-electron chi connectivity index (χ3n) is 3.65. The number of hydrogen-bond donors (Lipinski definition) is 1. The van der Waals surface area contributed by atoms with Crippen LogP contribution in [0.2, 0.25) is 5.02 Å². The molecule has 2 N–H and O–H groups in total. The molecule has 4 heteroatoms. The number of nitrogens with zero attached hydrogens (tertiary/aromatic N) is 2. The summed E-state index contributed by atoms with van der Waals surface area (Å²) < 4.78 is 0. The van der Waals surface area contributed by atoms with Crippen LogP contribution in [0.4, 0.5) is 0 Å². The summed E-state index contributed by atoms with van der Waals surface area (Å²) >= 11 is 6.13. The van der Waals surface area contributed by atoms with E-state index in [2.05, 4.69) is 16.8 Å². The second-order valence-electron chi connectivity index (χ2n) is 4.82. The van der Waals surface area contributed by atoms with Gasteiger partial charge in [-0.05, 0) is 30.5 Å². The van der Waals surface area contributed by atoms with Crippen LogP contribution in [-0.2, 0) is 6.54 Å². The van der Waals surface area contributed by atoms with Crippen molar-refractivity contribution in [2.75, 3.05) is 13.1 Å². The van der Waals surface area contributed by atoms with E-state index in [-0.39, 0.29) is 0 Å². The normalized spacial score (nSPS) is 26.1. The Bertz CT molecular complexity index is 369. The van der Waals surface area contributed by atoms with E-state index in [1.54, 1.807) is 12.4 Å². The van der Waals surface area contributed by atoms with Crippen LogP contribution >= 0.6 is 11.6 Å². The Labute approximate surface area is 108 Å². The molecule has 2 atom stereocenters. The van der Waals surface area contributed by atoms with E-state index in [4.69, 9.17) is 17.3 Å². The number of nitrogens with two attached hydrogens (primary N) is 1. The molecule has 3 nitrogen and oxygen atoms in total. The fourth-order valence-electron chi connectivity index (χ4n) is 2.47. The second-order valence-corrected chi connectivity index (χ2v) is 5.23. The van der Waals surface area contributed by atoms with Crippen molar-refractivity contribution in [1.82, 2.24) is 9.88 Å². The lowest BCUT2D eigenvalue weighted by Crippen LogP contribution is -2.46. The third kappa shape index (κ3) is 3.18. The number of halogens is 1. The molecule has 17 heavy (non-hydrogen) atoms. The predicted molar refractivity (Wildman–Crippen MR) is 70.9 cm³/mol. The van der Waals surface area contributed by atoms with Crippen LogP contribution in [-0.4, -0.2) is 29.0 Å². The highest BCUT2D eigenvalue weighted by Crippen LogP contribution is 2.22. The van der Waals surface area contributed by atoms with Gasteiger partial charge in [-0.25, -0.2) is 0 Å². The van der Waals surface area contributed by atoms with Crippen molar-refractivity contribution in [3.63, 3.8) is 0 Å². The summed E-state index contributed by atoms with van der Waals surface area (Å²) in [6, 6.07) is 2.36. The zero-order valence-electron chi connectivity index (χ0n) is 10.3. The molecule has 0 aliphatic carbocycles. The molecule has 0 saturated carbocycles. The summed E-state index contributed by atoms with van der Waals surface area (Å²) in [5, 5.41) is 0.760. The number of piperidine rings is 1. The highest BCUT2D eigenvalue weighted by atomic mass is 35.5. The first-order valence-electron chi connectivity index (χ1n) is 6.27. The van der Waals surface area contributed by atoms with Gasteiger partial charge in [-0.15, -0.1) is 0 Å². The molecule has 1 aromatic heterocycles. The fraction of sp³-hybridized carbons (Fsp3) is 0.615. The Balaban J connectivity index is 1.98. The molecule has 2 rings (SSSR count). The van der Waals surface area contributed by atoms with E-state index in [9.17, 15) is 0 Å². The first-order chi connectivity index (χ1) is 8.20. The quantitative estimate of drug-likeness (QED) is 0.899. The van der Waals surface area contributed by atoms with Gasteiger partial charge in [0.1, 0.15) is 0 Å². The highest BCUT2D eigenvalue weighted by Gasteiger charge is 2.25. The predicted octanol–water partition coefficient (Wildman–Crippen LogP) is 2.29. The first-order valence-corrected chi connectivity index (χ1v) is 6.64. The van der Waals surface area contributed by atoms with Gasteiger partial charge in [-0.1, -0.05) is 24.9 Å². The maximum atomic E-state index is 6.13. The number of rotatable bonds is 3. The second kappa shape index (κ2) is 5.80. The lowest BCUT2D eigenvalue weighted by Gasteiger charge is -2.36. The number of likely N-dealkylation sites (tertiary alicyclic amines) is 1. The smallest absolute Gasteiger partial charge is 0.0634 e. The van der Waals surface area contributed by atoms with E-state index in [0.29, 0.717) is 12.0 Å². The number of pyridine rings is 1. The Morgan fingerprint density at radius 2 is 2.41 bits per heavy atom. The van der Waals surface area contributed by atoms with Crippen LogP contribution in [0.5, 0.6) is 0 Å². The molecule has 0 amide bonds. The molecule has 1 aromatic rings. The van der Waals surface area contributed by atoms with E-state index in [0.717, 1.165) is 43.1 Å². The zero-order chi connectivity index (χ0) is 12.3. The summed E-state index contributed by atoms with van der Waals surface area (Å²) in [4.78, 5) is 6.45. The van der Waals surface area contributed by atoms with Crippen molar-refractivity contribution >= 4 is 11.6 Å². The maximum absolute atomic E-state index is 6.13. The minimum Gasteiger partial charge on any atom is -0.327 e. The van der Waals surface area contributed by atoms with Gasteiger partial charge in [0.2, 0.25) is 0 Å². The van der Waals surface area contributed by atoms with Crippen molar-refractivity contribution < 1.29 is 0 Å². The topological polar surface area (TPSA) is 42.2 Å². The van der Waals surface area contributed by atoms with Crippen LogP contribution in [0.15, 0.2) is 18.5 Å².